The second kappa shape index (κ2) is 8.74. The molecule has 0 radical (unpaired) electrons. The fourth-order valence-electron chi connectivity index (χ4n) is 3.85. The number of ether oxygens (including phenoxy) is 1. The molecule has 3 aromatic rings. The van der Waals surface area contributed by atoms with Gasteiger partial charge in [-0.2, -0.15) is 0 Å². The normalized spacial score (nSPS) is 17.0. The summed E-state index contributed by atoms with van der Waals surface area (Å²) in [5.41, 5.74) is 2.74. The van der Waals surface area contributed by atoms with Gasteiger partial charge in [-0.05, 0) is 49.6 Å². The Labute approximate surface area is 175 Å². The van der Waals surface area contributed by atoms with Crippen LogP contribution in [0.1, 0.15) is 52.7 Å². The first-order chi connectivity index (χ1) is 14.2. The molecular weight excluding hydrogens is 382 g/mol. The molecule has 0 bridgehead atoms. The van der Waals surface area contributed by atoms with Crippen LogP contribution >= 0.6 is 11.3 Å². The first-order valence-corrected chi connectivity index (χ1v) is 10.8. The SMILES string of the molecule is COc1ccc(C2CCCCCN2C(=O)c2sc(-c3ccccn3)nc2C)cc1. The van der Waals surface area contributed by atoms with Crippen molar-refractivity contribution in [3.05, 3.63) is 64.8 Å². The molecule has 4 rings (SSSR count). The van der Waals surface area contributed by atoms with Crippen molar-refractivity contribution in [2.75, 3.05) is 13.7 Å². The quantitative estimate of drug-likeness (QED) is 0.590. The molecule has 3 heterocycles. The molecule has 150 valence electrons. The maximum Gasteiger partial charge on any atom is 0.266 e. The molecule has 29 heavy (non-hydrogen) atoms. The van der Waals surface area contributed by atoms with Gasteiger partial charge in [-0.25, -0.2) is 4.98 Å². The highest BCUT2D eigenvalue weighted by molar-refractivity contribution is 7.17. The van der Waals surface area contributed by atoms with Crippen molar-refractivity contribution in [2.45, 2.75) is 38.6 Å². The van der Waals surface area contributed by atoms with Crippen LogP contribution in [0.15, 0.2) is 48.7 Å². The molecule has 0 spiro atoms. The Balaban J connectivity index is 1.65. The summed E-state index contributed by atoms with van der Waals surface area (Å²) in [6, 6.07) is 13.9. The minimum Gasteiger partial charge on any atom is -0.497 e. The van der Waals surface area contributed by atoms with Gasteiger partial charge in [0.25, 0.3) is 5.91 Å². The van der Waals surface area contributed by atoms with Crippen LogP contribution in [0.25, 0.3) is 10.7 Å². The minimum absolute atomic E-state index is 0.0740. The summed E-state index contributed by atoms with van der Waals surface area (Å²) in [7, 11) is 1.67. The Morgan fingerprint density at radius 3 is 2.69 bits per heavy atom. The summed E-state index contributed by atoms with van der Waals surface area (Å²) >= 11 is 1.44. The van der Waals surface area contributed by atoms with Crippen molar-refractivity contribution in [3.8, 4) is 16.5 Å². The molecular formula is C23H25N3O2S. The summed E-state index contributed by atoms with van der Waals surface area (Å²) in [6.07, 6.45) is 6.03. The average Bonchev–Trinajstić information content (AvgIpc) is 2.99. The third-order valence-corrected chi connectivity index (χ3v) is 6.56. The van der Waals surface area contributed by atoms with E-state index in [0.29, 0.717) is 4.88 Å². The molecule has 5 nitrogen and oxygen atoms in total. The van der Waals surface area contributed by atoms with Crippen LogP contribution in [0, 0.1) is 6.92 Å². The monoisotopic (exact) mass is 407 g/mol. The first kappa shape index (κ1) is 19.6. The van der Waals surface area contributed by atoms with E-state index in [0.717, 1.165) is 59.9 Å². The molecule has 1 saturated heterocycles. The van der Waals surface area contributed by atoms with Gasteiger partial charge in [-0.3, -0.25) is 9.78 Å². The molecule has 2 aromatic heterocycles. The first-order valence-electron chi connectivity index (χ1n) is 10.0. The number of hydrogen-bond acceptors (Lipinski definition) is 5. The summed E-state index contributed by atoms with van der Waals surface area (Å²) in [5.74, 6) is 0.906. The van der Waals surface area contributed by atoms with Gasteiger partial charge >= 0.3 is 0 Å². The third kappa shape index (κ3) is 4.17. The molecule has 0 saturated carbocycles. The number of hydrogen-bond donors (Lipinski definition) is 0. The van der Waals surface area contributed by atoms with Crippen LogP contribution in [0.2, 0.25) is 0 Å². The molecule has 1 amide bonds. The number of rotatable bonds is 4. The molecule has 1 unspecified atom stereocenters. The molecule has 1 aromatic carbocycles. The van der Waals surface area contributed by atoms with E-state index in [4.69, 9.17) is 4.74 Å². The highest BCUT2D eigenvalue weighted by atomic mass is 32.1. The van der Waals surface area contributed by atoms with E-state index in [1.54, 1.807) is 13.3 Å². The number of aromatic nitrogens is 2. The van der Waals surface area contributed by atoms with Crippen molar-refractivity contribution in [2.24, 2.45) is 0 Å². The predicted octanol–water partition coefficient (Wildman–Crippen LogP) is 5.28. The van der Waals surface area contributed by atoms with Gasteiger partial charge in [0.15, 0.2) is 0 Å². The van der Waals surface area contributed by atoms with Crippen LogP contribution in [-0.2, 0) is 0 Å². The topological polar surface area (TPSA) is 55.3 Å². The van der Waals surface area contributed by atoms with E-state index in [1.807, 2.05) is 42.2 Å². The van der Waals surface area contributed by atoms with Gasteiger partial charge in [0.1, 0.15) is 15.6 Å². The highest BCUT2D eigenvalue weighted by Gasteiger charge is 2.30. The zero-order chi connectivity index (χ0) is 20.2. The lowest BCUT2D eigenvalue weighted by Gasteiger charge is -2.30. The average molecular weight is 408 g/mol. The van der Waals surface area contributed by atoms with Crippen molar-refractivity contribution >= 4 is 17.2 Å². The van der Waals surface area contributed by atoms with E-state index in [1.165, 1.54) is 11.3 Å². The number of benzene rings is 1. The van der Waals surface area contributed by atoms with Crippen molar-refractivity contribution < 1.29 is 9.53 Å². The maximum atomic E-state index is 13.6. The second-order valence-corrected chi connectivity index (χ2v) is 8.28. The van der Waals surface area contributed by atoms with E-state index in [9.17, 15) is 4.79 Å². The van der Waals surface area contributed by atoms with Crippen LogP contribution < -0.4 is 4.74 Å². The molecule has 1 aliphatic heterocycles. The second-order valence-electron chi connectivity index (χ2n) is 7.29. The number of methoxy groups -OCH3 is 1. The summed E-state index contributed by atoms with van der Waals surface area (Å²) in [4.78, 5) is 25.3. The van der Waals surface area contributed by atoms with Gasteiger partial charge in [0, 0.05) is 12.7 Å². The predicted molar refractivity (Wildman–Crippen MR) is 115 cm³/mol. The number of carbonyl (C=O) groups excluding carboxylic acids is 1. The standard InChI is InChI=1S/C23H25N3O2S/c1-16-21(29-22(25-16)19-8-5-6-14-24-19)23(27)26-15-7-3-4-9-20(26)17-10-12-18(28-2)13-11-17/h5-6,8,10-14,20H,3-4,7,9,15H2,1-2H3. The van der Waals surface area contributed by atoms with Crippen molar-refractivity contribution in [3.63, 3.8) is 0 Å². The Hall–Kier alpha value is -2.73. The lowest BCUT2D eigenvalue weighted by Crippen LogP contribution is -2.34. The fraction of sp³-hybridized carbons (Fsp3) is 0.348. The van der Waals surface area contributed by atoms with Gasteiger partial charge < -0.3 is 9.64 Å². The van der Waals surface area contributed by atoms with Gasteiger partial charge in [0.05, 0.1) is 24.5 Å². The van der Waals surface area contributed by atoms with Crippen LogP contribution in [0.3, 0.4) is 0 Å². The number of amides is 1. The number of carbonyl (C=O) groups is 1. The number of likely N-dealkylation sites (tertiary alicyclic amines) is 1. The van der Waals surface area contributed by atoms with E-state index in [-0.39, 0.29) is 11.9 Å². The summed E-state index contributed by atoms with van der Waals surface area (Å²) < 4.78 is 5.29. The zero-order valence-corrected chi connectivity index (χ0v) is 17.6. The smallest absolute Gasteiger partial charge is 0.266 e. The Morgan fingerprint density at radius 1 is 1.14 bits per heavy atom. The van der Waals surface area contributed by atoms with Crippen LogP contribution in [0.4, 0.5) is 0 Å². The number of pyridine rings is 1. The maximum absolute atomic E-state index is 13.6. The molecule has 1 atom stereocenters. The van der Waals surface area contributed by atoms with E-state index in [2.05, 4.69) is 22.1 Å². The third-order valence-electron chi connectivity index (χ3n) is 5.39. The molecule has 1 aliphatic rings. The van der Waals surface area contributed by atoms with Gasteiger partial charge in [-0.1, -0.05) is 31.0 Å². The molecule has 1 fully saturated rings. The molecule has 0 aliphatic carbocycles. The number of nitrogens with zero attached hydrogens (tertiary/aromatic N) is 3. The lowest BCUT2D eigenvalue weighted by atomic mass is 10.0. The summed E-state index contributed by atoms with van der Waals surface area (Å²) in [5, 5.41) is 0.794. The number of aryl methyl sites for hydroxylation is 1. The Bertz CT molecular complexity index is 970. The summed E-state index contributed by atoms with van der Waals surface area (Å²) in [6.45, 7) is 2.68. The Kier molecular flexibility index (Phi) is 5.90. The lowest BCUT2D eigenvalue weighted by molar-refractivity contribution is 0.0685. The number of thiazole rings is 1. The zero-order valence-electron chi connectivity index (χ0n) is 16.8. The molecule has 6 heteroatoms. The fourth-order valence-corrected chi connectivity index (χ4v) is 4.85. The van der Waals surface area contributed by atoms with Crippen LogP contribution in [-0.4, -0.2) is 34.4 Å². The van der Waals surface area contributed by atoms with Crippen molar-refractivity contribution in [1.29, 1.82) is 0 Å². The minimum atomic E-state index is 0.0740. The molecule has 0 N–H and O–H groups in total. The van der Waals surface area contributed by atoms with E-state index < -0.39 is 0 Å². The van der Waals surface area contributed by atoms with Gasteiger partial charge in [0.2, 0.25) is 0 Å². The van der Waals surface area contributed by atoms with Gasteiger partial charge in [-0.15, -0.1) is 11.3 Å². The van der Waals surface area contributed by atoms with Crippen LogP contribution in [0.5, 0.6) is 5.75 Å². The van der Waals surface area contributed by atoms with Crippen molar-refractivity contribution in [1.82, 2.24) is 14.9 Å². The highest BCUT2D eigenvalue weighted by Crippen LogP contribution is 2.35. The Morgan fingerprint density at radius 2 is 1.97 bits per heavy atom. The largest absolute Gasteiger partial charge is 0.497 e. The van der Waals surface area contributed by atoms with E-state index >= 15 is 0 Å².